The summed E-state index contributed by atoms with van der Waals surface area (Å²) in [5.74, 6) is 5.56. The van der Waals surface area contributed by atoms with Crippen molar-refractivity contribution >= 4 is 27.3 Å². The van der Waals surface area contributed by atoms with Gasteiger partial charge in [0.2, 0.25) is 0 Å². The van der Waals surface area contributed by atoms with Crippen LogP contribution >= 0.6 is 27.3 Å². The zero-order valence-electron chi connectivity index (χ0n) is 10.5. The maximum absolute atomic E-state index is 12.7. The molecule has 0 fully saturated rings. The Morgan fingerprint density at radius 3 is 2.45 bits per heavy atom. The predicted octanol–water partition coefficient (Wildman–Crippen LogP) is 4.39. The predicted molar refractivity (Wildman–Crippen MR) is 77.4 cm³/mol. The first-order valence-corrected chi connectivity index (χ1v) is 7.38. The minimum absolute atomic E-state index is 0.333. The molecule has 0 bridgehead atoms. The van der Waals surface area contributed by atoms with E-state index in [4.69, 9.17) is 5.84 Å². The van der Waals surface area contributed by atoms with E-state index in [1.54, 1.807) is 6.92 Å². The highest BCUT2D eigenvalue weighted by Crippen LogP contribution is 2.34. The van der Waals surface area contributed by atoms with Gasteiger partial charge in [-0.2, -0.15) is 13.2 Å². The van der Waals surface area contributed by atoms with Crippen LogP contribution in [0.15, 0.2) is 33.4 Å². The Hall–Kier alpha value is -0.890. The molecular formula is C13H12BrF3N2S. The average molecular weight is 365 g/mol. The van der Waals surface area contributed by atoms with Crippen LogP contribution in [0.1, 0.15) is 28.3 Å². The average Bonchev–Trinajstić information content (AvgIpc) is 2.77. The van der Waals surface area contributed by atoms with Crippen LogP contribution in [0.4, 0.5) is 13.2 Å². The Morgan fingerprint density at radius 2 is 2.00 bits per heavy atom. The fourth-order valence-electron chi connectivity index (χ4n) is 2.02. The highest BCUT2D eigenvalue weighted by atomic mass is 79.9. The summed E-state index contributed by atoms with van der Waals surface area (Å²) in [5.41, 5.74) is 4.18. The van der Waals surface area contributed by atoms with Crippen LogP contribution in [0, 0.1) is 6.92 Å². The van der Waals surface area contributed by atoms with Gasteiger partial charge < -0.3 is 0 Å². The van der Waals surface area contributed by atoms with Gasteiger partial charge in [0.1, 0.15) is 0 Å². The minimum Gasteiger partial charge on any atom is -0.271 e. The van der Waals surface area contributed by atoms with Crippen LogP contribution < -0.4 is 11.3 Å². The fraction of sp³-hybridized carbons (Fsp3) is 0.231. The molecular weight excluding hydrogens is 353 g/mol. The number of benzene rings is 1. The third-order valence-electron chi connectivity index (χ3n) is 3.00. The largest absolute Gasteiger partial charge is 0.416 e. The maximum Gasteiger partial charge on any atom is 0.416 e. The second-order valence-electron chi connectivity index (χ2n) is 4.35. The summed E-state index contributed by atoms with van der Waals surface area (Å²) in [7, 11) is 0. The Balaban J connectivity index is 2.41. The SMILES string of the molecule is Cc1cc(C(F)(F)F)ccc1C(NN)c1csc(Br)c1. The molecule has 108 valence electrons. The maximum atomic E-state index is 12.7. The number of alkyl halides is 3. The summed E-state index contributed by atoms with van der Waals surface area (Å²) in [4.78, 5) is 0. The summed E-state index contributed by atoms with van der Waals surface area (Å²) in [6.45, 7) is 1.65. The van der Waals surface area contributed by atoms with Crippen molar-refractivity contribution in [1.29, 1.82) is 0 Å². The smallest absolute Gasteiger partial charge is 0.271 e. The second-order valence-corrected chi connectivity index (χ2v) is 6.64. The van der Waals surface area contributed by atoms with Gasteiger partial charge in [0.15, 0.2) is 0 Å². The van der Waals surface area contributed by atoms with Crippen LogP contribution in [-0.2, 0) is 6.18 Å². The van der Waals surface area contributed by atoms with Crippen molar-refractivity contribution in [2.75, 3.05) is 0 Å². The first-order valence-electron chi connectivity index (χ1n) is 5.70. The highest BCUT2D eigenvalue weighted by Gasteiger charge is 2.31. The van der Waals surface area contributed by atoms with E-state index >= 15 is 0 Å². The van der Waals surface area contributed by atoms with Crippen molar-refractivity contribution in [3.63, 3.8) is 0 Å². The van der Waals surface area contributed by atoms with Crippen LogP contribution in [0.5, 0.6) is 0 Å². The van der Waals surface area contributed by atoms with Gasteiger partial charge in [-0.1, -0.05) is 6.07 Å². The zero-order valence-corrected chi connectivity index (χ0v) is 12.9. The molecule has 20 heavy (non-hydrogen) atoms. The number of hydrogen-bond donors (Lipinski definition) is 2. The molecule has 0 radical (unpaired) electrons. The molecule has 2 nitrogen and oxygen atoms in total. The number of nitrogens with one attached hydrogen (secondary N) is 1. The summed E-state index contributed by atoms with van der Waals surface area (Å²) < 4.78 is 38.9. The highest BCUT2D eigenvalue weighted by molar-refractivity contribution is 9.11. The zero-order chi connectivity index (χ0) is 14.9. The molecule has 3 N–H and O–H groups in total. The molecule has 1 aromatic carbocycles. The number of hydrogen-bond acceptors (Lipinski definition) is 3. The fourth-order valence-corrected chi connectivity index (χ4v) is 3.22. The molecule has 0 saturated carbocycles. The van der Waals surface area contributed by atoms with E-state index in [1.165, 1.54) is 17.4 Å². The molecule has 1 heterocycles. The summed E-state index contributed by atoms with van der Waals surface area (Å²) in [6.07, 6.45) is -4.33. The molecule has 0 amide bonds. The van der Waals surface area contributed by atoms with Gasteiger partial charge in [0, 0.05) is 0 Å². The Kier molecular flexibility index (Phi) is 4.53. The van der Waals surface area contributed by atoms with Crippen LogP contribution in [-0.4, -0.2) is 0 Å². The summed E-state index contributed by atoms with van der Waals surface area (Å²) in [6, 6.07) is 5.25. The normalized spacial score (nSPS) is 13.5. The van der Waals surface area contributed by atoms with Crippen molar-refractivity contribution in [3.05, 3.63) is 55.7 Å². The quantitative estimate of drug-likeness (QED) is 0.626. The van der Waals surface area contributed by atoms with Crippen molar-refractivity contribution in [2.45, 2.75) is 19.1 Å². The number of aryl methyl sites for hydroxylation is 1. The molecule has 0 aliphatic rings. The molecule has 1 unspecified atom stereocenters. The standard InChI is InChI=1S/C13H12BrF3N2S/c1-7-4-9(13(15,16)17)2-3-10(7)12(19-18)8-5-11(14)20-6-8/h2-6,12,19H,18H2,1H3. The lowest BCUT2D eigenvalue weighted by Crippen LogP contribution is -2.29. The lowest BCUT2D eigenvalue weighted by molar-refractivity contribution is -0.137. The lowest BCUT2D eigenvalue weighted by atomic mass is 9.95. The molecule has 7 heteroatoms. The van der Waals surface area contributed by atoms with Crippen molar-refractivity contribution < 1.29 is 13.2 Å². The van der Waals surface area contributed by atoms with E-state index in [0.717, 1.165) is 27.0 Å². The van der Waals surface area contributed by atoms with Crippen molar-refractivity contribution in [2.24, 2.45) is 5.84 Å². The lowest BCUT2D eigenvalue weighted by Gasteiger charge is -2.19. The van der Waals surface area contributed by atoms with Gasteiger partial charge in [-0.25, -0.2) is 5.43 Å². The van der Waals surface area contributed by atoms with E-state index in [2.05, 4.69) is 21.4 Å². The first-order chi connectivity index (χ1) is 9.32. The van der Waals surface area contributed by atoms with Crippen molar-refractivity contribution in [3.8, 4) is 0 Å². The van der Waals surface area contributed by atoms with Crippen molar-refractivity contribution in [1.82, 2.24) is 5.43 Å². The van der Waals surface area contributed by atoms with E-state index in [-0.39, 0.29) is 6.04 Å². The van der Waals surface area contributed by atoms with E-state index in [9.17, 15) is 13.2 Å². The molecule has 1 aromatic heterocycles. The molecule has 2 aromatic rings. The number of halogens is 4. The number of thiophene rings is 1. The first kappa shape index (κ1) is 15.5. The number of nitrogens with two attached hydrogens (primary N) is 1. The molecule has 0 spiro atoms. The molecule has 0 saturated heterocycles. The third kappa shape index (κ3) is 3.22. The second kappa shape index (κ2) is 5.85. The molecule has 1 atom stereocenters. The van der Waals surface area contributed by atoms with E-state index < -0.39 is 11.7 Å². The van der Waals surface area contributed by atoms with Gasteiger partial charge in [0.25, 0.3) is 0 Å². The summed E-state index contributed by atoms with van der Waals surface area (Å²) >= 11 is 4.86. The Labute approximate surface area is 126 Å². The number of rotatable bonds is 3. The summed E-state index contributed by atoms with van der Waals surface area (Å²) in [5, 5.41) is 1.91. The van der Waals surface area contributed by atoms with Crippen LogP contribution in [0.25, 0.3) is 0 Å². The Bertz CT molecular complexity index is 610. The van der Waals surface area contributed by atoms with Crippen LogP contribution in [0.2, 0.25) is 0 Å². The molecule has 0 aliphatic carbocycles. The monoisotopic (exact) mass is 364 g/mol. The number of hydrazine groups is 1. The topological polar surface area (TPSA) is 38.0 Å². The molecule has 2 rings (SSSR count). The van der Waals surface area contributed by atoms with Gasteiger partial charge >= 0.3 is 6.18 Å². The van der Waals surface area contributed by atoms with Gasteiger partial charge in [-0.15, -0.1) is 11.3 Å². The van der Waals surface area contributed by atoms with E-state index in [1.807, 2.05) is 11.4 Å². The van der Waals surface area contributed by atoms with Gasteiger partial charge in [-0.05, 0) is 63.1 Å². The van der Waals surface area contributed by atoms with Crippen LogP contribution in [0.3, 0.4) is 0 Å². The third-order valence-corrected chi connectivity index (χ3v) is 4.52. The molecule has 0 aliphatic heterocycles. The Morgan fingerprint density at radius 1 is 1.30 bits per heavy atom. The van der Waals surface area contributed by atoms with Gasteiger partial charge in [-0.3, -0.25) is 5.84 Å². The van der Waals surface area contributed by atoms with E-state index in [0.29, 0.717) is 5.56 Å². The van der Waals surface area contributed by atoms with Gasteiger partial charge in [0.05, 0.1) is 15.4 Å². The minimum atomic E-state index is -4.33.